The minimum absolute atomic E-state index is 0.0240. The van der Waals surface area contributed by atoms with Crippen molar-refractivity contribution in [1.29, 1.82) is 0 Å². The Labute approximate surface area is 189 Å². The minimum Gasteiger partial charge on any atom is -0.507 e. The quantitative estimate of drug-likeness (QED) is 0.628. The summed E-state index contributed by atoms with van der Waals surface area (Å²) in [6, 6.07) is 1.67. The summed E-state index contributed by atoms with van der Waals surface area (Å²) in [7, 11) is 3.15. The predicted molar refractivity (Wildman–Crippen MR) is 113 cm³/mol. The number of phenols is 1. The molecule has 0 amide bonds. The molecule has 0 aliphatic heterocycles. The standard InChI is InChI=1S/C23H24ClNO7/c1-8-10-7-11-18(25(3)4)20(29)15(9(2)26)21(30)23(11,32)22(31)16(10)19(28)17-13(27)6-5-12(24)14(8)17/h5-6,8,10-11,15-16,18,27,32H,7H2,1-4H3/t8-,10+,11-,15?,16?,18-,23+/m0/s1. The maximum atomic E-state index is 13.7. The molecule has 9 heteroatoms. The number of likely N-dealkylation sites (N-methyl/N-ethyl adjacent to an activating group) is 1. The molecule has 170 valence electrons. The summed E-state index contributed by atoms with van der Waals surface area (Å²) in [5, 5.41) is 22.1. The second-order valence-corrected chi connectivity index (χ2v) is 9.75. The van der Waals surface area contributed by atoms with Gasteiger partial charge in [-0.05, 0) is 57.0 Å². The van der Waals surface area contributed by atoms with Crippen LogP contribution in [0.25, 0.3) is 0 Å². The summed E-state index contributed by atoms with van der Waals surface area (Å²) in [4.78, 5) is 67.1. The first-order chi connectivity index (χ1) is 14.8. The molecular formula is C23H24ClNO7. The van der Waals surface area contributed by atoms with Gasteiger partial charge in [-0.1, -0.05) is 18.5 Å². The van der Waals surface area contributed by atoms with Crippen LogP contribution in [0.15, 0.2) is 12.1 Å². The number of phenolic OH excluding ortho intramolecular Hbond substituents is 1. The Morgan fingerprint density at radius 2 is 1.78 bits per heavy atom. The molecule has 0 heterocycles. The third kappa shape index (κ3) is 2.72. The van der Waals surface area contributed by atoms with Gasteiger partial charge in [0.25, 0.3) is 0 Å². The van der Waals surface area contributed by atoms with Crippen LogP contribution in [0, 0.1) is 23.7 Å². The van der Waals surface area contributed by atoms with Gasteiger partial charge in [0, 0.05) is 10.9 Å². The van der Waals surface area contributed by atoms with Gasteiger partial charge in [-0.25, -0.2) is 0 Å². The Balaban J connectivity index is 1.93. The molecule has 0 saturated heterocycles. The number of fused-ring (bicyclic) bond motifs is 3. The van der Waals surface area contributed by atoms with Gasteiger partial charge in [-0.15, -0.1) is 0 Å². The van der Waals surface area contributed by atoms with Gasteiger partial charge >= 0.3 is 0 Å². The molecule has 2 unspecified atom stereocenters. The average molecular weight is 462 g/mol. The number of halogens is 1. The van der Waals surface area contributed by atoms with E-state index < -0.39 is 70.1 Å². The van der Waals surface area contributed by atoms with Gasteiger partial charge in [0.1, 0.15) is 17.5 Å². The molecule has 0 spiro atoms. The summed E-state index contributed by atoms with van der Waals surface area (Å²) >= 11 is 6.33. The van der Waals surface area contributed by atoms with E-state index >= 15 is 0 Å². The van der Waals surface area contributed by atoms with Gasteiger partial charge in [0.05, 0.1) is 17.5 Å². The van der Waals surface area contributed by atoms with Crippen LogP contribution in [-0.4, -0.2) is 69.8 Å². The number of ketones is 5. The van der Waals surface area contributed by atoms with Crippen molar-refractivity contribution < 1.29 is 34.2 Å². The number of nitrogens with zero attached hydrogens (tertiary/aromatic N) is 1. The van der Waals surface area contributed by atoms with Crippen molar-refractivity contribution in [2.24, 2.45) is 23.7 Å². The van der Waals surface area contributed by atoms with Gasteiger partial charge < -0.3 is 10.2 Å². The lowest BCUT2D eigenvalue weighted by atomic mass is 9.50. The van der Waals surface area contributed by atoms with Crippen LogP contribution < -0.4 is 0 Å². The lowest BCUT2D eigenvalue weighted by Crippen LogP contribution is -2.73. The van der Waals surface area contributed by atoms with Gasteiger partial charge in [0.15, 0.2) is 28.7 Å². The molecule has 8 nitrogen and oxygen atoms in total. The highest BCUT2D eigenvalue weighted by Crippen LogP contribution is 2.55. The highest BCUT2D eigenvalue weighted by Gasteiger charge is 2.69. The van der Waals surface area contributed by atoms with Crippen LogP contribution >= 0.6 is 11.6 Å². The van der Waals surface area contributed by atoms with Gasteiger partial charge in [-0.3, -0.25) is 28.9 Å². The Morgan fingerprint density at radius 1 is 1.16 bits per heavy atom. The van der Waals surface area contributed by atoms with Gasteiger partial charge in [0.2, 0.25) is 0 Å². The molecule has 0 aromatic heterocycles. The topological polar surface area (TPSA) is 129 Å². The van der Waals surface area contributed by atoms with Crippen LogP contribution in [0.4, 0.5) is 0 Å². The fourth-order valence-corrected chi connectivity index (χ4v) is 6.39. The number of carbonyl (C=O) groups excluding carboxylic acids is 5. The first-order valence-electron chi connectivity index (χ1n) is 10.4. The lowest BCUT2D eigenvalue weighted by molar-refractivity contribution is -0.181. The van der Waals surface area contributed by atoms with E-state index in [0.29, 0.717) is 5.56 Å². The van der Waals surface area contributed by atoms with Gasteiger partial charge in [-0.2, -0.15) is 0 Å². The van der Waals surface area contributed by atoms with Crippen molar-refractivity contribution in [2.75, 3.05) is 14.1 Å². The molecule has 3 aliphatic carbocycles. The van der Waals surface area contributed by atoms with E-state index in [0.717, 1.165) is 6.92 Å². The fraction of sp³-hybridized carbons (Fsp3) is 0.522. The number of Topliss-reactive ketones (excluding diaryl/α,β-unsaturated/α-hetero) is 5. The van der Waals surface area contributed by atoms with Crippen molar-refractivity contribution in [3.8, 4) is 5.75 Å². The second kappa shape index (κ2) is 7.30. The average Bonchev–Trinajstić information content (AvgIpc) is 2.69. The maximum absolute atomic E-state index is 13.7. The Hall–Kier alpha value is -2.42. The maximum Gasteiger partial charge on any atom is 0.190 e. The molecule has 4 rings (SSSR count). The summed E-state index contributed by atoms with van der Waals surface area (Å²) in [6.07, 6.45) is 0.0240. The number of benzene rings is 1. The Kier molecular flexibility index (Phi) is 5.19. The van der Waals surface area contributed by atoms with E-state index in [4.69, 9.17) is 11.6 Å². The lowest BCUT2D eigenvalue weighted by Gasteiger charge is -2.53. The number of aromatic hydroxyl groups is 1. The number of carbonyl (C=O) groups is 5. The zero-order valence-electron chi connectivity index (χ0n) is 18.1. The third-order valence-corrected chi connectivity index (χ3v) is 7.83. The first-order valence-corrected chi connectivity index (χ1v) is 10.8. The van der Waals surface area contributed by atoms with Crippen LogP contribution in [-0.2, 0) is 19.2 Å². The zero-order chi connectivity index (χ0) is 23.9. The van der Waals surface area contributed by atoms with E-state index in [-0.39, 0.29) is 22.8 Å². The molecule has 1 aromatic carbocycles. The first kappa shape index (κ1) is 22.8. The van der Waals surface area contributed by atoms with Crippen molar-refractivity contribution in [3.63, 3.8) is 0 Å². The number of hydrogen-bond acceptors (Lipinski definition) is 8. The molecular weight excluding hydrogens is 438 g/mol. The minimum atomic E-state index is -2.65. The molecule has 2 saturated carbocycles. The normalized spacial score (nSPS) is 36.6. The van der Waals surface area contributed by atoms with Crippen LogP contribution in [0.5, 0.6) is 5.75 Å². The summed E-state index contributed by atoms with van der Waals surface area (Å²) in [5.41, 5.74) is -2.33. The number of rotatable bonds is 2. The third-order valence-electron chi connectivity index (χ3n) is 7.50. The van der Waals surface area contributed by atoms with Crippen LogP contribution in [0.3, 0.4) is 0 Å². The van der Waals surface area contributed by atoms with E-state index in [9.17, 15) is 34.2 Å². The molecule has 7 atom stereocenters. The van der Waals surface area contributed by atoms with Crippen molar-refractivity contribution in [2.45, 2.75) is 37.8 Å². The Morgan fingerprint density at radius 3 is 2.34 bits per heavy atom. The van der Waals surface area contributed by atoms with Crippen molar-refractivity contribution >= 4 is 40.5 Å². The highest BCUT2D eigenvalue weighted by molar-refractivity contribution is 6.34. The summed E-state index contributed by atoms with van der Waals surface area (Å²) < 4.78 is 0. The smallest absolute Gasteiger partial charge is 0.190 e. The van der Waals surface area contributed by atoms with Crippen LogP contribution in [0.2, 0.25) is 5.02 Å². The van der Waals surface area contributed by atoms with E-state index in [1.807, 2.05) is 0 Å². The molecule has 2 fully saturated rings. The molecule has 1 aromatic rings. The number of aliphatic hydroxyl groups is 1. The van der Waals surface area contributed by atoms with E-state index in [2.05, 4.69) is 0 Å². The molecule has 32 heavy (non-hydrogen) atoms. The predicted octanol–water partition coefficient (Wildman–Crippen LogP) is 1.19. The zero-order valence-corrected chi connectivity index (χ0v) is 18.8. The monoisotopic (exact) mass is 461 g/mol. The number of hydrogen-bond donors (Lipinski definition) is 2. The molecule has 0 radical (unpaired) electrons. The van der Waals surface area contributed by atoms with E-state index in [1.54, 1.807) is 21.0 Å². The van der Waals surface area contributed by atoms with E-state index in [1.165, 1.54) is 17.0 Å². The van der Waals surface area contributed by atoms with Crippen LogP contribution in [0.1, 0.15) is 42.1 Å². The molecule has 0 bridgehead atoms. The van der Waals surface area contributed by atoms with Crippen molar-refractivity contribution in [3.05, 3.63) is 28.3 Å². The summed E-state index contributed by atoms with van der Waals surface area (Å²) in [5.74, 6) is -10.0. The molecule has 3 aliphatic rings. The summed E-state index contributed by atoms with van der Waals surface area (Å²) in [6.45, 7) is 2.83. The largest absolute Gasteiger partial charge is 0.507 e. The molecule has 2 N–H and O–H groups in total. The Bertz CT molecular complexity index is 1100. The SMILES string of the molecule is CC(=O)C1C(=O)[C@@H](N(C)C)[C@@H]2C[C@H]3C(C(=O)c4c(O)ccc(Cl)c4[C@H]3C)C(=O)[C@]2(O)C1=O. The highest BCUT2D eigenvalue weighted by atomic mass is 35.5. The fourth-order valence-electron chi connectivity index (χ4n) is 6.06. The van der Waals surface area contributed by atoms with Crippen molar-refractivity contribution in [1.82, 2.24) is 4.90 Å². The second-order valence-electron chi connectivity index (χ2n) is 9.34.